The molecule has 2 heterocycles. The van der Waals surface area contributed by atoms with Crippen molar-refractivity contribution >= 4 is 67.4 Å². The number of hydrogen-bond donors (Lipinski definition) is 1. The lowest BCUT2D eigenvalue weighted by molar-refractivity contribution is -0.128. The van der Waals surface area contributed by atoms with Crippen LogP contribution in [0.4, 0.5) is 5.69 Å². The van der Waals surface area contributed by atoms with Crippen LogP contribution in [0.1, 0.15) is 18.9 Å². The maximum Gasteiger partial charge on any atom is 0.294 e. The number of carbonyl (C=O) groups excluding carboxylic acids is 2. The molecule has 0 aliphatic carbocycles. The van der Waals surface area contributed by atoms with E-state index in [9.17, 15) is 18.0 Å². The van der Waals surface area contributed by atoms with Crippen LogP contribution in [-0.4, -0.2) is 42.1 Å². The number of thioether (sulfide) groups is 1. The number of aryl methyl sites for hydroxylation is 1. The Hall–Kier alpha value is -1.88. The molecule has 1 aromatic carbocycles. The summed E-state index contributed by atoms with van der Waals surface area (Å²) in [4.78, 5) is 26.3. The minimum absolute atomic E-state index is 0.000309. The third-order valence-electron chi connectivity index (χ3n) is 4.04. The van der Waals surface area contributed by atoms with Crippen LogP contribution in [0.25, 0.3) is 0 Å². The Bertz CT molecular complexity index is 1060. The molecule has 0 spiro atoms. The zero-order chi connectivity index (χ0) is 21.2. The lowest BCUT2D eigenvalue weighted by Crippen LogP contribution is -2.33. The highest BCUT2D eigenvalue weighted by Gasteiger charge is 2.39. The number of amidine groups is 1. The number of amides is 2. The molecule has 154 valence electrons. The van der Waals surface area contributed by atoms with E-state index in [4.69, 9.17) is 11.6 Å². The molecule has 1 unspecified atom stereocenters. The number of anilines is 1. The highest BCUT2D eigenvalue weighted by Crippen LogP contribution is 2.33. The number of sulfonamides is 1. The third-order valence-corrected chi connectivity index (χ3v) is 8.30. The smallest absolute Gasteiger partial charge is 0.294 e. The van der Waals surface area contributed by atoms with Crippen molar-refractivity contribution in [1.82, 2.24) is 4.90 Å². The number of carbonyl (C=O) groups is 2. The molecule has 29 heavy (non-hydrogen) atoms. The first-order valence-corrected chi connectivity index (χ1v) is 12.2. The van der Waals surface area contributed by atoms with E-state index in [1.807, 2.05) is 19.1 Å². The van der Waals surface area contributed by atoms with Gasteiger partial charge in [-0.2, -0.15) is 8.42 Å². The Morgan fingerprint density at radius 3 is 2.52 bits per heavy atom. The number of rotatable bonds is 6. The summed E-state index contributed by atoms with van der Waals surface area (Å²) in [6.07, 6.45) is -0.0855. The Morgan fingerprint density at radius 1 is 1.24 bits per heavy atom. The van der Waals surface area contributed by atoms with Gasteiger partial charge in [-0.15, -0.1) is 15.7 Å². The molecule has 1 N–H and O–H groups in total. The summed E-state index contributed by atoms with van der Waals surface area (Å²) < 4.78 is 29.2. The first-order chi connectivity index (χ1) is 13.7. The van der Waals surface area contributed by atoms with E-state index < -0.39 is 15.3 Å². The standard InChI is InChI=1S/C18H18ClN3O4S3/c1-3-22-17(24)13(10-15(23)20-12-6-4-11(2)5-7-12)27-18(22)21-29(25,26)16-9-8-14(19)28-16/h4-9,13H,3,10H2,1-2H3,(H,20,23)/b21-18+. The van der Waals surface area contributed by atoms with Crippen molar-refractivity contribution in [1.29, 1.82) is 0 Å². The second-order valence-corrected chi connectivity index (χ2v) is 10.9. The van der Waals surface area contributed by atoms with Crippen molar-refractivity contribution in [2.24, 2.45) is 4.40 Å². The Morgan fingerprint density at radius 2 is 1.93 bits per heavy atom. The Labute approximate surface area is 182 Å². The molecule has 0 bridgehead atoms. The number of nitrogens with zero attached hydrogens (tertiary/aromatic N) is 2. The molecule has 3 rings (SSSR count). The van der Waals surface area contributed by atoms with Gasteiger partial charge in [-0.25, -0.2) is 0 Å². The highest BCUT2D eigenvalue weighted by molar-refractivity contribution is 8.16. The van der Waals surface area contributed by atoms with Crippen LogP contribution in [0.2, 0.25) is 4.34 Å². The average Bonchev–Trinajstić information content (AvgIpc) is 3.21. The van der Waals surface area contributed by atoms with E-state index in [1.165, 1.54) is 17.0 Å². The highest BCUT2D eigenvalue weighted by atomic mass is 35.5. The van der Waals surface area contributed by atoms with E-state index >= 15 is 0 Å². The molecule has 2 amide bonds. The summed E-state index contributed by atoms with van der Waals surface area (Å²) in [5, 5.41) is 2.08. The molecule has 1 aromatic heterocycles. The topological polar surface area (TPSA) is 95.9 Å². The number of thiophene rings is 1. The first-order valence-electron chi connectivity index (χ1n) is 8.64. The first kappa shape index (κ1) is 21.8. The maximum atomic E-state index is 12.6. The summed E-state index contributed by atoms with van der Waals surface area (Å²) >= 11 is 7.68. The summed E-state index contributed by atoms with van der Waals surface area (Å²) in [6, 6.07) is 10.1. The minimum atomic E-state index is -3.99. The normalized spacial score (nSPS) is 18.4. The summed E-state index contributed by atoms with van der Waals surface area (Å²) in [5.41, 5.74) is 1.70. The van der Waals surface area contributed by atoms with Crippen molar-refractivity contribution in [2.45, 2.75) is 29.7 Å². The van der Waals surface area contributed by atoms with Crippen molar-refractivity contribution in [2.75, 3.05) is 11.9 Å². The van der Waals surface area contributed by atoms with Gasteiger partial charge in [-0.3, -0.25) is 14.5 Å². The molecule has 7 nitrogen and oxygen atoms in total. The molecule has 11 heteroatoms. The van der Waals surface area contributed by atoms with Gasteiger partial charge >= 0.3 is 0 Å². The fraction of sp³-hybridized carbons (Fsp3) is 0.278. The summed E-state index contributed by atoms with van der Waals surface area (Å²) in [5.74, 6) is -0.667. The molecule has 0 radical (unpaired) electrons. The van der Waals surface area contributed by atoms with E-state index in [0.717, 1.165) is 28.7 Å². The molecule has 0 saturated carbocycles. The number of nitrogens with one attached hydrogen (secondary N) is 1. The lowest BCUT2D eigenvalue weighted by Gasteiger charge is -2.13. The monoisotopic (exact) mass is 471 g/mol. The summed E-state index contributed by atoms with van der Waals surface area (Å²) in [7, 11) is -3.99. The van der Waals surface area contributed by atoms with Crippen molar-refractivity contribution in [3.05, 3.63) is 46.3 Å². The number of benzene rings is 1. The van der Waals surface area contributed by atoms with Gasteiger partial charge in [0.1, 0.15) is 9.46 Å². The van der Waals surface area contributed by atoms with Crippen LogP contribution in [0.3, 0.4) is 0 Å². The van der Waals surface area contributed by atoms with Gasteiger partial charge in [0.05, 0.1) is 4.34 Å². The van der Waals surface area contributed by atoms with Gasteiger partial charge in [-0.1, -0.05) is 41.1 Å². The second-order valence-electron chi connectivity index (χ2n) is 6.21. The molecular weight excluding hydrogens is 454 g/mol. The van der Waals surface area contributed by atoms with Gasteiger partial charge in [0.15, 0.2) is 5.17 Å². The molecule has 1 fully saturated rings. The second kappa shape index (κ2) is 8.86. The molecule has 2 aromatic rings. The van der Waals surface area contributed by atoms with E-state index in [0.29, 0.717) is 10.0 Å². The SMILES string of the molecule is CCN1C(=O)C(CC(=O)Nc2ccc(C)cc2)S/C1=N/S(=O)(=O)c1ccc(Cl)s1. The lowest BCUT2D eigenvalue weighted by atomic mass is 10.2. The van der Waals surface area contributed by atoms with Crippen LogP contribution < -0.4 is 5.32 Å². The van der Waals surface area contributed by atoms with Gasteiger partial charge in [0.25, 0.3) is 10.0 Å². The largest absolute Gasteiger partial charge is 0.326 e. The molecule has 1 atom stereocenters. The predicted octanol–water partition coefficient (Wildman–Crippen LogP) is 3.75. The van der Waals surface area contributed by atoms with Crippen molar-refractivity contribution < 1.29 is 18.0 Å². The van der Waals surface area contributed by atoms with Gasteiger partial charge in [-0.05, 0) is 38.1 Å². The minimum Gasteiger partial charge on any atom is -0.326 e. The third kappa shape index (κ3) is 5.19. The average molecular weight is 472 g/mol. The zero-order valence-electron chi connectivity index (χ0n) is 15.6. The molecular formula is C18H18ClN3O4S3. The Kier molecular flexibility index (Phi) is 6.67. The molecule has 1 aliphatic rings. The van der Waals surface area contributed by atoms with Crippen LogP contribution >= 0.6 is 34.7 Å². The van der Waals surface area contributed by atoms with Crippen LogP contribution in [-0.2, 0) is 19.6 Å². The maximum absolute atomic E-state index is 12.6. The summed E-state index contributed by atoms with van der Waals surface area (Å²) in [6.45, 7) is 3.91. The quantitative estimate of drug-likeness (QED) is 0.692. The Balaban J connectivity index is 1.74. The van der Waals surface area contributed by atoms with E-state index in [1.54, 1.807) is 19.1 Å². The van der Waals surface area contributed by atoms with Crippen LogP contribution in [0, 0.1) is 6.92 Å². The fourth-order valence-corrected chi connectivity index (χ4v) is 6.48. The number of hydrogen-bond acceptors (Lipinski definition) is 6. The predicted molar refractivity (Wildman–Crippen MR) is 117 cm³/mol. The van der Waals surface area contributed by atoms with E-state index in [2.05, 4.69) is 9.71 Å². The van der Waals surface area contributed by atoms with Gasteiger partial charge in [0.2, 0.25) is 11.8 Å². The molecule has 1 aliphatic heterocycles. The van der Waals surface area contributed by atoms with Crippen LogP contribution in [0.15, 0.2) is 45.0 Å². The van der Waals surface area contributed by atoms with Crippen molar-refractivity contribution in [3.63, 3.8) is 0 Å². The molecule has 1 saturated heterocycles. The zero-order valence-corrected chi connectivity index (χ0v) is 18.8. The van der Waals surface area contributed by atoms with Crippen LogP contribution in [0.5, 0.6) is 0 Å². The van der Waals surface area contributed by atoms with E-state index in [-0.39, 0.29) is 34.2 Å². The van der Waals surface area contributed by atoms with Gasteiger partial charge < -0.3 is 5.32 Å². The number of halogens is 1. The fourth-order valence-electron chi connectivity index (χ4n) is 2.60. The van der Waals surface area contributed by atoms with Crippen molar-refractivity contribution in [3.8, 4) is 0 Å². The van der Waals surface area contributed by atoms with Gasteiger partial charge in [0, 0.05) is 18.7 Å².